The molecule has 1 aliphatic rings. The highest BCUT2D eigenvalue weighted by Crippen LogP contribution is 1.96. The summed E-state index contributed by atoms with van der Waals surface area (Å²) < 4.78 is 4.43. The SMILES string of the molecule is COC(=O)N[C@@H]1CCNC1.Cl. The Bertz CT molecular complexity index is 126. The predicted molar refractivity (Wildman–Crippen MR) is 44.1 cm³/mol. The molecule has 0 unspecified atom stereocenters. The van der Waals surface area contributed by atoms with Gasteiger partial charge >= 0.3 is 6.09 Å². The summed E-state index contributed by atoms with van der Waals surface area (Å²) in [6, 6.07) is 0.257. The number of nitrogens with one attached hydrogen (secondary N) is 2. The summed E-state index contributed by atoms with van der Waals surface area (Å²) in [5.41, 5.74) is 0. The van der Waals surface area contributed by atoms with Crippen molar-refractivity contribution in [1.82, 2.24) is 10.6 Å². The number of carbonyl (C=O) groups excluding carboxylic acids is 1. The molecule has 0 aromatic heterocycles. The van der Waals surface area contributed by atoms with Crippen molar-refractivity contribution in [2.24, 2.45) is 0 Å². The number of carbonyl (C=O) groups is 1. The van der Waals surface area contributed by atoms with Crippen molar-refractivity contribution in [3.8, 4) is 0 Å². The normalized spacial score (nSPS) is 22.1. The van der Waals surface area contributed by atoms with Gasteiger partial charge in [0, 0.05) is 12.6 Å². The molecule has 2 N–H and O–H groups in total. The van der Waals surface area contributed by atoms with Gasteiger partial charge in [-0.15, -0.1) is 12.4 Å². The van der Waals surface area contributed by atoms with E-state index in [1.54, 1.807) is 0 Å². The van der Waals surface area contributed by atoms with Crippen LogP contribution >= 0.6 is 12.4 Å². The minimum atomic E-state index is -0.339. The first-order chi connectivity index (χ1) is 4.83. The van der Waals surface area contributed by atoms with Crippen molar-refractivity contribution >= 4 is 18.5 Å². The summed E-state index contributed by atoms with van der Waals surface area (Å²) in [5, 5.41) is 5.84. The molecule has 0 radical (unpaired) electrons. The van der Waals surface area contributed by atoms with E-state index in [4.69, 9.17) is 0 Å². The lowest BCUT2D eigenvalue weighted by molar-refractivity contribution is 0.167. The van der Waals surface area contributed by atoms with Crippen molar-refractivity contribution < 1.29 is 9.53 Å². The third-order valence-corrected chi connectivity index (χ3v) is 1.57. The second-order valence-electron chi connectivity index (χ2n) is 2.33. The molecule has 1 saturated heterocycles. The van der Waals surface area contributed by atoms with Gasteiger partial charge in [-0.3, -0.25) is 0 Å². The van der Waals surface area contributed by atoms with Crippen molar-refractivity contribution in [1.29, 1.82) is 0 Å². The summed E-state index contributed by atoms with van der Waals surface area (Å²) in [6.07, 6.45) is 0.656. The maximum atomic E-state index is 10.6. The van der Waals surface area contributed by atoms with Crippen LogP contribution in [-0.4, -0.2) is 32.3 Å². The van der Waals surface area contributed by atoms with Gasteiger partial charge in [0.1, 0.15) is 0 Å². The molecule has 1 rings (SSSR count). The van der Waals surface area contributed by atoms with Gasteiger partial charge in [0.2, 0.25) is 0 Å². The molecule has 66 valence electrons. The van der Waals surface area contributed by atoms with Crippen LogP contribution in [-0.2, 0) is 4.74 Å². The van der Waals surface area contributed by atoms with Crippen LogP contribution in [0.4, 0.5) is 4.79 Å². The zero-order chi connectivity index (χ0) is 7.40. The molecule has 5 heteroatoms. The molecule has 0 spiro atoms. The molecule has 4 nitrogen and oxygen atoms in total. The summed E-state index contributed by atoms with van der Waals surface area (Å²) in [5.74, 6) is 0. The van der Waals surface area contributed by atoms with Crippen LogP contribution in [0.2, 0.25) is 0 Å². The van der Waals surface area contributed by atoms with Crippen molar-refractivity contribution in [3.63, 3.8) is 0 Å². The van der Waals surface area contributed by atoms with Crippen LogP contribution < -0.4 is 10.6 Å². The zero-order valence-electron chi connectivity index (χ0n) is 6.42. The quantitative estimate of drug-likeness (QED) is 0.603. The van der Waals surface area contributed by atoms with Crippen molar-refractivity contribution in [3.05, 3.63) is 0 Å². The molecule has 1 heterocycles. The summed E-state index contributed by atoms with van der Waals surface area (Å²) in [7, 11) is 1.37. The zero-order valence-corrected chi connectivity index (χ0v) is 7.24. The summed E-state index contributed by atoms with van der Waals surface area (Å²) in [4.78, 5) is 10.6. The van der Waals surface area contributed by atoms with E-state index in [1.807, 2.05) is 0 Å². The fraction of sp³-hybridized carbons (Fsp3) is 0.833. The van der Waals surface area contributed by atoms with Crippen LogP contribution in [0.25, 0.3) is 0 Å². The third-order valence-electron chi connectivity index (χ3n) is 1.57. The van der Waals surface area contributed by atoms with Crippen LogP contribution in [0.3, 0.4) is 0 Å². The van der Waals surface area contributed by atoms with Gasteiger partial charge in [-0.1, -0.05) is 0 Å². The number of hydrogen-bond donors (Lipinski definition) is 2. The highest BCUT2D eigenvalue weighted by Gasteiger charge is 2.15. The highest BCUT2D eigenvalue weighted by atomic mass is 35.5. The number of ether oxygens (including phenoxy) is 1. The van der Waals surface area contributed by atoms with E-state index >= 15 is 0 Å². The van der Waals surface area contributed by atoms with E-state index in [0.29, 0.717) is 0 Å². The monoisotopic (exact) mass is 180 g/mol. The number of hydrogen-bond acceptors (Lipinski definition) is 3. The van der Waals surface area contributed by atoms with E-state index in [2.05, 4.69) is 15.4 Å². The molecule has 0 saturated carbocycles. The predicted octanol–water partition coefficient (Wildman–Crippen LogP) is 0.126. The van der Waals surface area contributed by atoms with Crippen LogP contribution in [0.5, 0.6) is 0 Å². The molecule has 0 aromatic carbocycles. The first-order valence-corrected chi connectivity index (χ1v) is 3.38. The van der Waals surface area contributed by atoms with Crippen LogP contribution in [0, 0.1) is 0 Å². The Labute approximate surface area is 72.1 Å². The highest BCUT2D eigenvalue weighted by molar-refractivity contribution is 5.85. The Hall–Kier alpha value is -0.480. The molecule has 1 aliphatic heterocycles. The van der Waals surface area contributed by atoms with E-state index in [9.17, 15) is 4.79 Å². The molecule has 0 bridgehead atoms. The first-order valence-electron chi connectivity index (χ1n) is 3.38. The lowest BCUT2D eigenvalue weighted by atomic mass is 10.3. The fourth-order valence-corrected chi connectivity index (χ4v) is 1.00. The molecule has 0 aliphatic carbocycles. The Morgan fingerprint density at radius 2 is 2.45 bits per heavy atom. The van der Waals surface area contributed by atoms with E-state index in [-0.39, 0.29) is 24.5 Å². The Balaban J connectivity index is 0.000001000. The minimum Gasteiger partial charge on any atom is -0.453 e. The molecule has 1 amide bonds. The Morgan fingerprint density at radius 1 is 1.73 bits per heavy atom. The van der Waals surface area contributed by atoms with Gasteiger partial charge in [-0.25, -0.2) is 4.79 Å². The van der Waals surface area contributed by atoms with Gasteiger partial charge < -0.3 is 15.4 Å². The lowest BCUT2D eigenvalue weighted by Crippen LogP contribution is -2.35. The average Bonchev–Trinajstić information content (AvgIpc) is 2.40. The fourth-order valence-electron chi connectivity index (χ4n) is 1.00. The standard InChI is InChI=1S/C6H12N2O2.ClH/c1-10-6(9)8-5-2-3-7-4-5;/h5,7H,2-4H2,1H3,(H,8,9);1H/t5-;/m1./s1. The van der Waals surface area contributed by atoms with Crippen molar-refractivity contribution in [2.45, 2.75) is 12.5 Å². The largest absolute Gasteiger partial charge is 0.453 e. The maximum absolute atomic E-state index is 10.6. The van der Waals surface area contributed by atoms with E-state index < -0.39 is 0 Å². The molecular weight excluding hydrogens is 168 g/mol. The molecule has 0 aromatic rings. The van der Waals surface area contributed by atoms with Gasteiger partial charge in [-0.2, -0.15) is 0 Å². The number of halogens is 1. The molecule has 11 heavy (non-hydrogen) atoms. The topological polar surface area (TPSA) is 50.4 Å². The number of methoxy groups -OCH3 is 1. The number of rotatable bonds is 1. The van der Waals surface area contributed by atoms with Crippen LogP contribution in [0.1, 0.15) is 6.42 Å². The second kappa shape index (κ2) is 5.21. The van der Waals surface area contributed by atoms with Crippen LogP contribution in [0.15, 0.2) is 0 Å². The van der Waals surface area contributed by atoms with Gasteiger partial charge in [0.05, 0.1) is 7.11 Å². The number of amides is 1. The molecule has 1 atom stereocenters. The number of alkyl carbamates (subject to hydrolysis) is 1. The van der Waals surface area contributed by atoms with Gasteiger partial charge in [0.25, 0.3) is 0 Å². The third kappa shape index (κ3) is 3.43. The average molecular weight is 181 g/mol. The molecular formula is C6H13ClN2O2. The first kappa shape index (κ1) is 10.5. The smallest absolute Gasteiger partial charge is 0.407 e. The summed E-state index contributed by atoms with van der Waals surface area (Å²) in [6.45, 7) is 1.84. The van der Waals surface area contributed by atoms with E-state index in [1.165, 1.54) is 7.11 Å². The Kier molecular flexibility index (Phi) is 4.98. The lowest BCUT2D eigenvalue weighted by Gasteiger charge is -2.08. The van der Waals surface area contributed by atoms with E-state index in [0.717, 1.165) is 19.5 Å². The summed E-state index contributed by atoms with van der Waals surface area (Å²) >= 11 is 0. The van der Waals surface area contributed by atoms with Crippen molar-refractivity contribution in [2.75, 3.05) is 20.2 Å². The second-order valence-corrected chi connectivity index (χ2v) is 2.33. The van der Waals surface area contributed by atoms with Gasteiger partial charge in [0.15, 0.2) is 0 Å². The molecule has 1 fully saturated rings. The minimum absolute atomic E-state index is 0. The van der Waals surface area contributed by atoms with Gasteiger partial charge in [-0.05, 0) is 13.0 Å². The maximum Gasteiger partial charge on any atom is 0.407 e. The Morgan fingerprint density at radius 3 is 2.91 bits per heavy atom.